The molecule has 1 N–H and O–H groups in total. The van der Waals surface area contributed by atoms with Gasteiger partial charge >= 0.3 is 0 Å². The molecule has 252 valence electrons. The summed E-state index contributed by atoms with van der Waals surface area (Å²) in [5.41, 5.74) is 13.6. The predicted octanol–water partition coefficient (Wildman–Crippen LogP) is 11.8. The predicted molar refractivity (Wildman–Crippen MR) is 210 cm³/mol. The van der Waals surface area contributed by atoms with Crippen LogP contribution in [0, 0.1) is 13.8 Å². The van der Waals surface area contributed by atoms with E-state index in [1.165, 1.54) is 0 Å². The lowest BCUT2D eigenvalue weighted by molar-refractivity contribution is 0.477. The second kappa shape index (κ2) is 12.4. The van der Waals surface area contributed by atoms with E-state index in [1.54, 1.807) is 6.07 Å². The lowest BCUT2D eigenvalue weighted by atomic mass is 9.92. The number of aromatic hydroxyl groups is 1. The van der Waals surface area contributed by atoms with Gasteiger partial charge in [0.25, 0.3) is 0 Å². The highest BCUT2D eigenvalue weighted by molar-refractivity contribution is 6.11. The van der Waals surface area contributed by atoms with Crippen LogP contribution in [0.5, 0.6) is 5.75 Å². The van der Waals surface area contributed by atoms with Gasteiger partial charge in [0, 0.05) is 44.9 Å². The molecule has 0 aliphatic rings. The molecule has 0 amide bonds. The van der Waals surface area contributed by atoms with Gasteiger partial charge in [-0.05, 0) is 90.6 Å². The molecule has 6 heteroatoms. The van der Waals surface area contributed by atoms with E-state index in [9.17, 15) is 5.11 Å². The van der Waals surface area contributed by atoms with E-state index < -0.39 is 0 Å². The summed E-state index contributed by atoms with van der Waals surface area (Å²) in [4.78, 5) is 15.5. The van der Waals surface area contributed by atoms with Crippen molar-refractivity contribution in [1.29, 1.82) is 0 Å². The molecule has 5 aromatic carbocycles. The molecular formula is C46H36N4O2. The lowest BCUT2D eigenvalue weighted by Crippen LogP contribution is -1.97. The first-order valence-corrected chi connectivity index (χ1v) is 17.6. The molecule has 4 heterocycles. The number of fused-ring (bicyclic) bond motifs is 4. The number of hydrogen-bond acceptors (Lipinski definition) is 5. The summed E-state index contributed by atoms with van der Waals surface area (Å²) in [5.74, 6) is 1.09. The van der Waals surface area contributed by atoms with Crippen molar-refractivity contribution in [2.75, 3.05) is 0 Å². The molecule has 0 atom stereocenters. The molecule has 0 spiro atoms. The minimum absolute atomic E-state index is 0.174. The number of hydrogen-bond donors (Lipinski definition) is 1. The van der Waals surface area contributed by atoms with Crippen molar-refractivity contribution >= 4 is 27.7 Å². The van der Waals surface area contributed by atoms with E-state index >= 15 is 0 Å². The van der Waals surface area contributed by atoms with Crippen LogP contribution in [0.25, 0.3) is 83.9 Å². The van der Waals surface area contributed by atoms with Crippen molar-refractivity contribution in [3.8, 4) is 61.9 Å². The summed E-state index contributed by atoms with van der Waals surface area (Å²) >= 11 is 0. The zero-order valence-corrected chi connectivity index (χ0v) is 29.4. The third-order valence-electron chi connectivity index (χ3n) is 9.96. The largest absolute Gasteiger partial charge is 0.507 e. The van der Waals surface area contributed by atoms with Crippen molar-refractivity contribution in [1.82, 2.24) is 19.4 Å². The Kier molecular flexibility index (Phi) is 7.47. The topological polar surface area (TPSA) is 76.5 Å². The monoisotopic (exact) mass is 676 g/mol. The van der Waals surface area contributed by atoms with E-state index in [4.69, 9.17) is 19.4 Å². The molecule has 52 heavy (non-hydrogen) atoms. The zero-order valence-electron chi connectivity index (χ0n) is 29.4. The van der Waals surface area contributed by atoms with E-state index in [-0.39, 0.29) is 11.7 Å². The van der Waals surface area contributed by atoms with E-state index in [2.05, 4.69) is 117 Å². The number of rotatable bonds is 6. The summed E-state index contributed by atoms with van der Waals surface area (Å²) in [6.45, 7) is 8.56. The summed E-state index contributed by atoms with van der Waals surface area (Å²) in [5, 5.41) is 13.0. The van der Waals surface area contributed by atoms with Gasteiger partial charge in [-0.3, -0.25) is 4.40 Å². The highest BCUT2D eigenvalue weighted by Crippen LogP contribution is 2.43. The number of imidazole rings is 1. The third-order valence-corrected chi connectivity index (χ3v) is 9.96. The maximum atomic E-state index is 11.0. The molecule has 0 unspecified atom stereocenters. The van der Waals surface area contributed by atoms with Crippen LogP contribution in [-0.4, -0.2) is 24.5 Å². The van der Waals surface area contributed by atoms with Crippen LogP contribution in [0.2, 0.25) is 0 Å². The molecule has 4 aromatic heterocycles. The molecular weight excluding hydrogens is 641 g/mol. The molecule has 0 bridgehead atoms. The van der Waals surface area contributed by atoms with Gasteiger partial charge in [-0.15, -0.1) is 0 Å². The van der Waals surface area contributed by atoms with Gasteiger partial charge in [-0.1, -0.05) is 92.7 Å². The van der Waals surface area contributed by atoms with Crippen molar-refractivity contribution in [2.45, 2.75) is 33.6 Å². The van der Waals surface area contributed by atoms with Gasteiger partial charge in [-0.2, -0.15) is 0 Å². The van der Waals surface area contributed by atoms with Crippen LogP contribution in [0.1, 0.15) is 36.6 Å². The molecule has 9 aromatic rings. The standard InChI is InChI=1S/C46H36N4O2/c1-27(2)37-21-22-50-44(30-15-6-5-7-16-30)43(49-46(50)48-37)32-23-35-33-17-9-11-20-41(33)52-45(35)36(24-32)39-26-31(42-28(3)13-12-14-29(42)4)25-38(47-39)34-18-8-10-19-40(34)51/h5-27,51H,1-4H3. The number of nitrogens with zero attached hydrogens (tertiary/aromatic N) is 4. The second-order valence-electron chi connectivity index (χ2n) is 13.8. The Labute approximate surface area is 301 Å². The van der Waals surface area contributed by atoms with Gasteiger partial charge in [0.1, 0.15) is 16.9 Å². The smallest absolute Gasteiger partial charge is 0.235 e. The van der Waals surface area contributed by atoms with E-state index in [1.807, 2.05) is 42.5 Å². The normalized spacial score (nSPS) is 11.7. The molecule has 0 radical (unpaired) electrons. The Morgan fingerprint density at radius 2 is 1.33 bits per heavy atom. The Hall–Kier alpha value is -6.53. The van der Waals surface area contributed by atoms with Crippen molar-refractivity contribution in [2.24, 2.45) is 0 Å². The molecule has 0 aliphatic heterocycles. The number of benzene rings is 5. The first kappa shape index (κ1) is 31.5. The number of pyridine rings is 1. The number of furan rings is 1. The third kappa shape index (κ3) is 5.23. The maximum absolute atomic E-state index is 11.0. The number of aryl methyl sites for hydroxylation is 2. The summed E-state index contributed by atoms with van der Waals surface area (Å²) in [7, 11) is 0. The minimum Gasteiger partial charge on any atom is -0.507 e. The Bertz CT molecular complexity index is 2790. The Morgan fingerprint density at radius 3 is 2.10 bits per heavy atom. The molecule has 0 saturated carbocycles. The zero-order chi connectivity index (χ0) is 35.5. The average molecular weight is 677 g/mol. The number of aromatic nitrogens is 4. The highest BCUT2D eigenvalue weighted by atomic mass is 16.3. The van der Waals surface area contributed by atoms with E-state index in [0.29, 0.717) is 17.0 Å². The minimum atomic E-state index is 0.174. The van der Waals surface area contributed by atoms with Crippen LogP contribution in [-0.2, 0) is 0 Å². The van der Waals surface area contributed by atoms with E-state index in [0.717, 1.165) is 83.7 Å². The van der Waals surface area contributed by atoms with Crippen LogP contribution in [0.15, 0.2) is 138 Å². The Morgan fingerprint density at radius 1 is 0.615 bits per heavy atom. The Balaban J connectivity index is 1.38. The molecule has 0 aliphatic carbocycles. The summed E-state index contributed by atoms with van der Waals surface area (Å²) in [6.07, 6.45) is 2.08. The van der Waals surface area contributed by atoms with Crippen LogP contribution < -0.4 is 0 Å². The fourth-order valence-electron chi connectivity index (χ4n) is 7.40. The van der Waals surface area contributed by atoms with Crippen molar-refractivity contribution < 1.29 is 9.52 Å². The fourth-order valence-corrected chi connectivity index (χ4v) is 7.40. The SMILES string of the molecule is Cc1cccc(C)c1-c1cc(-c2ccccc2O)nc(-c2cc(-c3nc4nc(C(C)C)ccn4c3-c3ccccc3)cc3c2oc2ccccc23)c1. The van der Waals surface area contributed by atoms with Gasteiger partial charge in [-0.25, -0.2) is 15.0 Å². The fraction of sp³-hybridized carbons (Fsp3) is 0.109. The van der Waals surface area contributed by atoms with Gasteiger partial charge in [0.05, 0.1) is 22.8 Å². The van der Waals surface area contributed by atoms with Gasteiger partial charge in [0.2, 0.25) is 5.78 Å². The maximum Gasteiger partial charge on any atom is 0.235 e. The highest BCUT2D eigenvalue weighted by Gasteiger charge is 2.23. The molecule has 6 nitrogen and oxygen atoms in total. The number of phenols is 1. The number of para-hydroxylation sites is 2. The van der Waals surface area contributed by atoms with Crippen LogP contribution in [0.4, 0.5) is 0 Å². The lowest BCUT2D eigenvalue weighted by Gasteiger charge is -2.15. The summed E-state index contributed by atoms with van der Waals surface area (Å²) < 4.78 is 8.77. The van der Waals surface area contributed by atoms with Crippen LogP contribution >= 0.6 is 0 Å². The van der Waals surface area contributed by atoms with Crippen molar-refractivity contribution in [3.63, 3.8) is 0 Å². The quantitative estimate of drug-likeness (QED) is 0.190. The first-order chi connectivity index (χ1) is 25.3. The molecule has 9 rings (SSSR count). The second-order valence-corrected chi connectivity index (χ2v) is 13.8. The van der Waals surface area contributed by atoms with Gasteiger partial charge in [0.15, 0.2) is 0 Å². The van der Waals surface area contributed by atoms with Crippen molar-refractivity contribution in [3.05, 3.63) is 150 Å². The first-order valence-electron chi connectivity index (χ1n) is 17.6. The average Bonchev–Trinajstić information content (AvgIpc) is 3.73. The molecule has 0 saturated heterocycles. The summed E-state index contributed by atoms with van der Waals surface area (Å²) in [6, 6.07) is 42.8. The molecule has 0 fully saturated rings. The number of phenolic OH excluding ortho intramolecular Hbond substituents is 1. The van der Waals surface area contributed by atoms with Gasteiger partial charge < -0.3 is 9.52 Å². The van der Waals surface area contributed by atoms with Crippen LogP contribution in [0.3, 0.4) is 0 Å².